The Morgan fingerprint density at radius 3 is 2.83 bits per heavy atom. The monoisotopic (exact) mass is 331 g/mol. The lowest BCUT2D eigenvalue weighted by molar-refractivity contribution is -0.126. The van der Waals surface area contributed by atoms with Gasteiger partial charge in [-0.25, -0.2) is 0 Å². The largest absolute Gasteiger partial charge is 0.493 e. The maximum Gasteiger partial charge on any atom is 0.246 e. The molecule has 1 aromatic rings. The molecule has 0 aromatic heterocycles. The average molecular weight is 331 g/mol. The van der Waals surface area contributed by atoms with Gasteiger partial charge in [-0.2, -0.15) is 0 Å². The van der Waals surface area contributed by atoms with Gasteiger partial charge in [-0.1, -0.05) is 6.92 Å². The molecule has 0 spiro atoms. The van der Waals surface area contributed by atoms with Gasteiger partial charge in [-0.05, 0) is 49.0 Å². The van der Waals surface area contributed by atoms with E-state index in [-0.39, 0.29) is 5.91 Å². The van der Waals surface area contributed by atoms with E-state index in [4.69, 9.17) is 14.2 Å². The second kappa shape index (κ2) is 7.60. The maximum absolute atomic E-state index is 12.5. The van der Waals surface area contributed by atoms with E-state index in [2.05, 4.69) is 6.92 Å². The van der Waals surface area contributed by atoms with Gasteiger partial charge >= 0.3 is 0 Å². The number of amides is 1. The summed E-state index contributed by atoms with van der Waals surface area (Å²) in [6.07, 6.45) is 6.93. The van der Waals surface area contributed by atoms with Crippen molar-refractivity contribution < 1.29 is 19.0 Å². The van der Waals surface area contributed by atoms with Crippen molar-refractivity contribution in [3.05, 3.63) is 23.8 Å². The third kappa shape index (κ3) is 4.02. The zero-order chi connectivity index (χ0) is 16.9. The van der Waals surface area contributed by atoms with Gasteiger partial charge in [0.05, 0.1) is 7.11 Å². The number of hydrogen-bond acceptors (Lipinski definition) is 4. The van der Waals surface area contributed by atoms with Crippen LogP contribution in [0.15, 0.2) is 18.2 Å². The first-order valence-corrected chi connectivity index (χ1v) is 8.66. The Hall–Kier alpha value is -2.17. The highest BCUT2D eigenvalue weighted by molar-refractivity contribution is 5.92. The van der Waals surface area contributed by atoms with Gasteiger partial charge in [0.25, 0.3) is 0 Å². The summed E-state index contributed by atoms with van der Waals surface area (Å²) in [6, 6.07) is 3.74. The zero-order valence-electron chi connectivity index (χ0n) is 14.4. The number of carbonyl (C=O) groups excluding carboxylic acids is 1. The molecule has 0 atom stereocenters. The molecule has 0 radical (unpaired) electrons. The van der Waals surface area contributed by atoms with Gasteiger partial charge in [0.2, 0.25) is 11.7 Å². The molecule has 2 aliphatic rings. The molecular weight excluding hydrogens is 306 g/mol. The molecule has 1 aromatic carbocycles. The summed E-state index contributed by atoms with van der Waals surface area (Å²) in [4.78, 5) is 14.4. The Labute approximate surface area is 143 Å². The van der Waals surface area contributed by atoms with Crippen LogP contribution in [0.5, 0.6) is 17.2 Å². The highest BCUT2D eigenvalue weighted by Gasteiger charge is 2.25. The second-order valence-electron chi connectivity index (χ2n) is 6.31. The summed E-state index contributed by atoms with van der Waals surface area (Å²) in [7, 11) is 1.60. The molecule has 130 valence electrons. The van der Waals surface area contributed by atoms with Gasteiger partial charge in [0.15, 0.2) is 11.5 Å². The SMILES string of the molecule is CCCN(CC1CC1)C(=O)C=Cc1cc(OC)c2c(c1)OCCO2. The van der Waals surface area contributed by atoms with Crippen molar-refractivity contribution in [3.8, 4) is 17.2 Å². The third-order valence-electron chi connectivity index (χ3n) is 4.25. The van der Waals surface area contributed by atoms with Gasteiger partial charge in [0.1, 0.15) is 13.2 Å². The molecule has 1 fully saturated rings. The first-order valence-electron chi connectivity index (χ1n) is 8.66. The van der Waals surface area contributed by atoms with Crippen molar-refractivity contribution in [3.63, 3.8) is 0 Å². The van der Waals surface area contributed by atoms with E-state index in [1.54, 1.807) is 13.2 Å². The van der Waals surface area contributed by atoms with Crippen LogP contribution in [0.4, 0.5) is 0 Å². The lowest BCUT2D eigenvalue weighted by atomic mass is 10.1. The highest BCUT2D eigenvalue weighted by Crippen LogP contribution is 2.40. The predicted molar refractivity (Wildman–Crippen MR) is 92.6 cm³/mol. The van der Waals surface area contributed by atoms with Crippen molar-refractivity contribution in [1.82, 2.24) is 4.90 Å². The van der Waals surface area contributed by atoms with Gasteiger partial charge < -0.3 is 19.1 Å². The lowest BCUT2D eigenvalue weighted by Gasteiger charge is -2.21. The summed E-state index contributed by atoms with van der Waals surface area (Å²) >= 11 is 0. The Kier molecular flexibility index (Phi) is 5.28. The number of hydrogen-bond donors (Lipinski definition) is 0. The molecule has 3 rings (SSSR count). The van der Waals surface area contributed by atoms with Gasteiger partial charge in [0, 0.05) is 19.2 Å². The van der Waals surface area contributed by atoms with Crippen LogP contribution >= 0.6 is 0 Å². The zero-order valence-corrected chi connectivity index (χ0v) is 14.4. The molecule has 1 amide bonds. The standard InChI is InChI=1S/C19H25NO4/c1-3-8-20(13-14-4-5-14)18(21)7-6-15-11-16(22-2)19-17(12-15)23-9-10-24-19/h6-7,11-12,14H,3-5,8-10,13H2,1-2H3. The lowest BCUT2D eigenvalue weighted by Crippen LogP contribution is -2.32. The van der Waals surface area contributed by atoms with Crippen LogP contribution in [0.3, 0.4) is 0 Å². The van der Waals surface area contributed by atoms with E-state index in [0.717, 1.165) is 25.1 Å². The minimum Gasteiger partial charge on any atom is -0.493 e. The molecule has 1 heterocycles. The fourth-order valence-electron chi connectivity index (χ4n) is 2.84. The first kappa shape index (κ1) is 16.7. The van der Waals surface area contributed by atoms with Crippen molar-refractivity contribution in [2.45, 2.75) is 26.2 Å². The molecule has 24 heavy (non-hydrogen) atoms. The number of carbonyl (C=O) groups is 1. The molecule has 0 unspecified atom stereocenters. The van der Waals surface area contributed by atoms with E-state index in [9.17, 15) is 4.79 Å². The quantitative estimate of drug-likeness (QED) is 0.720. The number of ether oxygens (including phenoxy) is 3. The minimum absolute atomic E-state index is 0.0672. The van der Waals surface area contributed by atoms with Gasteiger partial charge in [-0.15, -0.1) is 0 Å². The summed E-state index contributed by atoms with van der Waals surface area (Å²) < 4.78 is 16.6. The van der Waals surface area contributed by atoms with E-state index in [0.29, 0.717) is 36.4 Å². The summed E-state index contributed by atoms with van der Waals surface area (Å²) in [5.74, 6) is 2.69. The van der Waals surface area contributed by atoms with Crippen molar-refractivity contribution in [2.24, 2.45) is 5.92 Å². The predicted octanol–water partition coefficient (Wildman–Crippen LogP) is 3.13. The normalized spacial score (nSPS) is 16.2. The van der Waals surface area contributed by atoms with Crippen molar-refractivity contribution in [1.29, 1.82) is 0 Å². The molecule has 1 aliphatic heterocycles. The number of fused-ring (bicyclic) bond motifs is 1. The molecule has 0 bridgehead atoms. The second-order valence-corrected chi connectivity index (χ2v) is 6.31. The maximum atomic E-state index is 12.5. The Morgan fingerprint density at radius 1 is 1.33 bits per heavy atom. The fourth-order valence-corrected chi connectivity index (χ4v) is 2.84. The number of methoxy groups -OCH3 is 1. The molecular formula is C19H25NO4. The van der Waals surface area contributed by atoms with Crippen LogP contribution in [0.1, 0.15) is 31.7 Å². The number of nitrogens with zero attached hydrogens (tertiary/aromatic N) is 1. The summed E-state index contributed by atoms with van der Waals surface area (Å²) in [6.45, 7) is 4.83. The molecule has 0 saturated heterocycles. The Morgan fingerprint density at radius 2 is 2.12 bits per heavy atom. The van der Waals surface area contributed by atoms with Crippen LogP contribution in [0.2, 0.25) is 0 Å². The van der Waals surface area contributed by atoms with E-state index in [1.165, 1.54) is 12.8 Å². The number of rotatable bonds is 7. The average Bonchev–Trinajstić information content (AvgIpc) is 3.42. The molecule has 0 N–H and O–H groups in total. The minimum atomic E-state index is 0.0672. The Bertz CT molecular complexity index is 605. The molecule has 1 aliphatic carbocycles. The van der Waals surface area contributed by atoms with Crippen molar-refractivity contribution >= 4 is 12.0 Å². The topological polar surface area (TPSA) is 48.0 Å². The fraction of sp³-hybridized carbons (Fsp3) is 0.526. The van der Waals surface area contributed by atoms with Crippen LogP contribution in [-0.2, 0) is 4.79 Å². The smallest absolute Gasteiger partial charge is 0.246 e. The highest BCUT2D eigenvalue weighted by atomic mass is 16.6. The first-order chi connectivity index (χ1) is 11.7. The van der Waals surface area contributed by atoms with Crippen LogP contribution in [0.25, 0.3) is 6.08 Å². The third-order valence-corrected chi connectivity index (χ3v) is 4.25. The van der Waals surface area contributed by atoms with E-state index >= 15 is 0 Å². The Balaban J connectivity index is 1.73. The van der Waals surface area contributed by atoms with E-state index < -0.39 is 0 Å². The molecule has 5 heteroatoms. The van der Waals surface area contributed by atoms with Crippen LogP contribution in [-0.4, -0.2) is 44.2 Å². The summed E-state index contributed by atoms with van der Waals surface area (Å²) in [5.41, 5.74) is 0.868. The van der Waals surface area contributed by atoms with Crippen molar-refractivity contribution in [2.75, 3.05) is 33.4 Å². The van der Waals surface area contributed by atoms with Crippen LogP contribution < -0.4 is 14.2 Å². The number of benzene rings is 1. The molecule has 1 saturated carbocycles. The van der Waals surface area contributed by atoms with Crippen LogP contribution in [0, 0.1) is 5.92 Å². The van der Waals surface area contributed by atoms with E-state index in [1.807, 2.05) is 23.1 Å². The molecule has 5 nitrogen and oxygen atoms in total. The summed E-state index contributed by atoms with van der Waals surface area (Å²) in [5, 5.41) is 0. The van der Waals surface area contributed by atoms with Gasteiger partial charge in [-0.3, -0.25) is 4.79 Å².